The van der Waals surface area contributed by atoms with Gasteiger partial charge in [0.25, 0.3) is 0 Å². The second kappa shape index (κ2) is 14.2. The minimum absolute atomic E-state index is 0.262. The van der Waals surface area contributed by atoms with Crippen molar-refractivity contribution < 1.29 is 33.4 Å². The van der Waals surface area contributed by atoms with E-state index in [0.29, 0.717) is 25.9 Å². The Bertz CT molecular complexity index is 658. The molecule has 0 aliphatic rings. The van der Waals surface area contributed by atoms with Crippen molar-refractivity contribution in [3.63, 3.8) is 0 Å². The van der Waals surface area contributed by atoms with Crippen LogP contribution in [0, 0.1) is 0 Å². The van der Waals surface area contributed by atoms with Crippen molar-refractivity contribution in [2.45, 2.75) is 124 Å². The van der Waals surface area contributed by atoms with Crippen LogP contribution in [0.15, 0.2) is 0 Å². The van der Waals surface area contributed by atoms with E-state index in [2.05, 4.69) is 5.32 Å². The Morgan fingerprint density at radius 2 is 1.29 bits per heavy atom. The Labute approximate surface area is 205 Å². The van der Waals surface area contributed by atoms with Crippen LogP contribution in [0.1, 0.15) is 101 Å². The quantitative estimate of drug-likeness (QED) is 0.179. The van der Waals surface area contributed by atoms with Crippen LogP contribution >= 0.6 is 0 Å². The zero-order valence-corrected chi connectivity index (χ0v) is 22.6. The molecule has 0 fully saturated rings. The van der Waals surface area contributed by atoms with Crippen LogP contribution in [-0.2, 0) is 23.8 Å². The van der Waals surface area contributed by atoms with Crippen molar-refractivity contribution in [3.05, 3.63) is 0 Å². The molecule has 0 aliphatic carbocycles. The predicted molar refractivity (Wildman–Crippen MR) is 131 cm³/mol. The Morgan fingerprint density at radius 3 is 1.79 bits per heavy atom. The molecule has 9 nitrogen and oxygen atoms in total. The Hall–Kier alpha value is -2.32. The summed E-state index contributed by atoms with van der Waals surface area (Å²) in [5, 5.41) is 2.60. The average Bonchev–Trinajstić information content (AvgIpc) is 2.61. The summed E-state index contributed by atoms with van der Waals surface area (Å²) < 4.78 is 16.3. The smallest absolute Gasteiger partial charge is 0.410 e. The van der Waals surface area contributed by atoms with Crippen molar-refractivity contribution in [2.75, 3.05) is 13.1 Å². The number of esters is 1. The van der Waals surface area contributed by atoms with Gasteiger partial charge in [0, 0.05) is 19.5 Å². The van der Waals surface area contributed by atoms with E-state index in [1.54, 1.807) is 67.2 Å². The molecule has 0 saturated heterocycles. The Balaban J connectivity index is 5.19. The van der Waals surface area contributed by atoms with E-state index in [4.69, 9.17) is 14.2 Å². The third-order valence-electron chi connectivity index (χ3n) is 4.20. The van der Waals surface area contributed by atoms with E-state index in [0.717, 1.165) is 25.5 Å². The van der Waals surface area contributed by atoms with Crippen LogP contribution in [-0.4, -0.2) is 65.3 Å². The molecule has 0 aliphatic heterocycles. The number of alkyl carbamates (subject to hydrolysis) is 1. The van der Waals surface area contributed by atoms with Crippen LogP contribution in [0.2, 0.25) is 0 Å². The zero-order chi connectivity index (χ0) is 26.6. The first-order valence-electron chi connectivity index (χ1n) is 12.1. The molecular formula is C25H46N2O7. The van der Waals surface area contributed by atoms with E-state index in [9.17, 15) is 19.2 Å². The van der Waals surface area contributed by atoms with Crippen molar-refractivity contribution in [2.24, 2.45) is 0 Å². The molecule has 0 aromatic rings. The van der Waals surface area contributed by atoms with Crippen molar-refractivity contribution >= 4 is 24.4 Å². The number of hydrogen-bond donors (Lipinski definition) is 1. The second-order valence-corrected chi connectivity index (χ2v) is 11.4. The number of rotatable bonds is 12. The van der Waals surface area contributed by atoms with Gasteiger partial charge in [-0.05, 0) is 88.0 Å². The molecule has 0 saturated carbocycles. The van der Waals surface area contributed by atoms with Crippen LogP contribution in [0.5, 0.6) is 0 Å². The normalized spacial score (nSPS) is 13.0. The molecule has 0 spiro atoms. The molecule has 0 radical (unpaired) electrons. The topological polar surface area (TPSA) is 111 Å². The molecule has 1 N–H and O–H groups in total. The Kier molecular flexibility index (Phi) is 13.2. The zero-order valence-electron chi connectivity index (χ0n) is 22.6. The highest BCUT2D eigenvalue weighted by atomic mass is 16.6. The maximum atomic E-state index is 12.7. The van der Waals surface area contributed by atoms with E-state index in [1.165, 1.54) is 0 Å². The molecule has 2 amide bonds. The molecule has 0 aromatic carbocycles. The lowest BCUT2D eigenvalue weighted by atomic mass is 10.1. The summed E-state index contributed by atoms with van der Waals surface area (Å²) in [6, 6.07) is -0.915. The highest BCUT2D eigenvalue weighted by Gasteiger charge is 2.29. The molecule has 0 rings (SSSR count). The molecule has 1 atom stereocenters. The first-order valence-corrected chi connectivity index (χ1v) is 12.1. The van der Waals surface area contributed by atoms with Gasteiger partial charge in [0.15, 0.2) is 0 Å². The van der Waals surface area contributed by atoms with E-state index >= 15 is 0 Å². The fraction of sp³-hybridized carbons (Fsp3) is 0.840. The first kappa shape index (κ1) is 31.7. The number of nitrogens with one attached hydrogen (secondary N) is 1. The molecular weight excluding hydrogens is 440 g/mol. The van der Waals surface area contributed by atoms with Gasteiger partial charge < -0.3 is 29.2 Å². The van der Waals surface area contributed by atoms with E-state index in [1.807, 2.05) is 0 Å². The SMILES string of the molecule is CC(C)(C)OC(=O)N[C@@H](CCCN(CCCCCC=O)C(=O)OC(C)(C)C)C(=O)OC(C)(C)C. The highest BCUT2D eigenvalue weighted by Crippen LogP contribution is 2.15. The fourth-order valence-corrected chi connectivity index (χ4v) is 2.89. The molecule has 0 heterocycles. The third-order valence-corrected chi connectivity index (χ3v) is 4.20. The van der Waals surface area contributed by atoms with Gasteiger partial charge in [0.1, 0.15) is 29.1 Å². The number of amides is 2. The molecule has 198 valence electrons. The molecule has 34 heavy (non-hydrogen) atoms. The summed E-state index contributed by atoms with van der Waals surface area (Å²) in [7, 11) is 0. The standard InChI is InChI=1S/C25H46N2O7/c1-23(2,3)32-20(29)19(26-21(30)33-24(4,5)6)15-14-17-27(16-12-10-11-13-18-28)22(31)34-25(7,8)9/h18-19H,10-17H2,1-9H3,(H,26,30)/t19-/m0/s1. The monoisotopic (exact) mass is 486 g/mol. The number of hydrogen-bond acceptors (Lipinski definition) is 7. The number of ether oxygens (including phenoxy) is 3. The highest BCUT2D eigenvalue weighted by molar-refractivity contribution is 5.81. The van der Waals surface area contributed by atoms with E-state index in [-0.39, 0.29) is 6.42 Å². The minimum Gasteiger partial charge on any atom is -0.458 e. The molecule has 0 bridgehead atoms. The van der Waals surface area contributed by atoms with Gasteiger partial charge in [-0.2, -0.15) is 0 Å². The van der Waals surface area contributed by atoms with Crippen LogP contribution in [0.25, 0.3) is 0 Å². The van der Waals surface area contributed by atoms with Crippen LogP contribution < -0.4 is 5.32 Å². The number of carbonyl (C=O) groups excluding carboxylic acids is 4. The van der Waals surface area contributed by atoms with Crippen LogP contribution in [0.4, 0.5) is 9.59 Å². The summed E-state index contributed by atoms with van der Waals surface area (Å²) in [5.41, 5.74) is -2.06. The summed E-state index contributed by atoms with van der Waals surface area (Å²) in [6.45, 7) is 16.7. The summed E-state index contributed by atoms with van der Waals surface area (Å²) in [6.07, 6.45) is 3.27. The summed E-state index contributed by atoms with van der Waals surface area (Å²) in [4.78, 5) is 49.8. The fourth-order valence-electron chi connectivity index (χ4n) is 2.89. The van der Waals surface area contributed by atoms with Gasteiger partial charge in [0.05, 0.1) is 0 Å². The van der Waals surface area contributed by atoms with Crippen LogP contribution in [0.3, 0.4) is 0 Å². The minimum atomic E-state index is -0.915. The van der Waals surface area contributed by atoms with Gasteiger partial charge in [-0.1, -0.05) is 6.42 Å². The van der Waals surface area contributed by atoms with Crippen molar-refractivity contribution in [1.82, 2.24) is 10.2 Å². The van der Waals surface area contributed by atoms with Gasteiger partial charge >= 0.3 is 18.2 Å². The lowest BCUT2D eigenvalue weighted by Crippen LogP contribution is -2.46. The maximum Gasteiger partial charge on any atom is 0.410 e. The number of aldehydes is 1. The van der Waals surface area contributed by atoms with E-state index < -0.39 is 41.0 Å². The van der Waals surface area contributed by atoms with Crippen molar-refractivity contribution in [3.8, 4) is 0 Å². The number of unbranched alkanes of at least 4 members (excludes halogenated alkanes) is 3. The average molecular weight is 487 g/mol. The first-order chi connectivity index (χ1) is 15.4. The lowest BCUT2D eigenvalue weighted by molar-refractivity contribution is -0.157. The Morgan fingerprint density at radius 1 is 0.765 bits per heavy atom. The van der Waals surface area contributed by atoms with Gasteiger partial charge in [0.2, 0.25) is 0 Å². The predicted octanol–water partition coefficient (Wildman–Crippen LogP) is 5.00. The maximum absolute atomic E-state index is 12.7. The summed E-state index contributed by atoms with van der Waals surface area (Å²) >= 11 is 0. The third kappa shape index (κ3) is 17.2. The lowest BCUT2D eigenvalue weighted by Gasteiger charge is -2.29. The second-order valence-electron chi connectivity index (χ2n) is 11.4. The molecule has 0 unspecified atom stereocenters. The number of carbonyl (C=O) groups is 4. The molecule has 9 heteroatoms. The van der Waals surface area contributed by atoms with Gasteiger partial charge in [-0.25, -0.2) is 14.4 Å². The van der Waals surface area contributed by atoms with Gasteiger partial charge in [-0.3, -0.25) is 0 Å². The number of nitrogens with zero attached hydrogens (tertiary/aromatic N) is 1. The largest absolute Gasteiger partial charge is 0.458 e. The van der Waals surface area contributed by atoms with Gasteiger partial charge in [-0.15, -0.1) is 0 Å². The van der Waals surface area contributed by atoms with Crippen molar-refractivity contribution in [1.29, 1.82) is 0 Å². The summed E-state index contributed by atoms with van der Waals surface area (Å²) in [5.74, 6) is -0.559. The molecule has 0 aromatic heterocycles.